The Morgan fingerprint density at radius 2 is 1.87 bits per heavy atom. The van der Waals surface area contributed by atoms with Crippen molar-refractivity contribution < 1.29 is 26.3 Å². The smallest absolute Gasteiger partial charge is 0.403 e. The number of hydrazine groups is 1. The number of allylic oxidation sites excluding steroid dienone is 1. The summed E-state index contributed by atoms with van der Waals surface area (Å²) < 4.78 is 80.6. The first kappa shape index (κ1) is 23.7. The van der Waals surface area contributed by atoms with Crippen LogP contribution in [0.25, 0.3) is 0 Å². The van der Waals surface area contributed by atoms with Crippen LogP contribution in [-0.2, 0) is 0 Å². The Bertz CT molecular complexity index is 758. The van der Waals surface area contributed by atoms with Crippen LogP contribution in [0.4, 0.5) is 26.3 Å². The molecule has 0 bridgehead atoms. The number of rotatable bonds is 11. The van der Waals surface area contributed by atoms with E-state index in [4.69, 9.17) is 11.6 Å². The second-order valence-corrected chi connectivity index (χ2v) is 8.35. The first-order valence-electron chi connectivity index (χ1n) is 10.3. The molecule has 6 nitrogen and oxygen atoms in total. The molecule has 2 saturated carbocycles. The van der Waals surface area contributed by atoms with Crippen LogP contribution in [0, 0.1) is 23.7 Å². The molecule has 0 spiro atoms. The summed E-state index contributed by atoms with van der Waals surface area (Å²) >= 11 is 0. The monoisotopic (exact) mass is 454 g/mol. The third kappa shape index (κ3) is 5.85. The standard InChI is InChI=1S/C19H28F6N6/c1-28-17(16(10-2-3-10)11-4-5-11)12-8-31(29-18(12)22)13(6-15(20)21)14(7-26)30(27)9-19(23,24)25/h7-8,10-11,13,15-17,28H,2-6,9,26-27H2,1H3/b14-7-. The predicted molar refractivity (Wildman–Crippen MR) is 102 cm³/mol. The van der Waals surface area contributed by atoms with Crippen LogP contribution in [0.3, 0.4) is 0 Å². The lowest BCUT2D eigenvalue weighted by molar-refractivity contribution is -0.143. The second kappa shape index (κ2) is 9.27. The first-order valence-corrected chi connectivity index (χ1v) is 10.3. The molecule has 3 rings (SSSR count). The molecule has 2 unspecified atom stereocenters. The summed E-state index contributed by atoms with van der Waals surface area (Å²) in [5.41, 5.74) is 5.23. The zero-order valence-corrected chi connectivity index (χ0v) is 17.1. The van der Waals surface area contributed by atoms with Gasteiger partial charge >= 0.3 is 6.18 Å². The fourth-order valence-corrected chi connectivity index (χ4v) is 4.41. The number of nitrogens with two attached hydrogens (primary N) is 2. The van der Waals surface area contributed by atoms with Gasteiger partial charge in [-0.1, -0.05) is 0 Å². The van der Waals surface area contributed by atoms with E-state index in [1.165, 1.54) is 6.20 Å². The zero-order chi connectivity index (χ0) is 22.9. The molecule has 0 saturated heterocycles. The molecule has 0 radical (unpaired) electrons. The summed E-state index contributed by atoms with van der Waals surface area (Å²) in [7, 11) is 1.70. The maximum Gasteiger partial charge on any atom is 0.407 e. The largest absolute Gasteiger partial charge is 0.407 e. The third-order valence-corrected chi connectivity index (χ3v) is 5.99. The average Bonchev–Trinajstić information content (AvgIpc) is 3.57. The summed E-state index contributed by atoms with van der Waals surface area (Å²) in [6.07, 6.45) is -2.26. The molecular formula is C19H28F6N6. The van der Waals surface area contributed by atoms with Gasteiger partial charge in [-0.25, -0.2) is 14.6 Å². The van der Waals surface area contributed by atoms with E-state index in [0.29, 0.717) is 11.8 Å². The molecule has 2 atom stereocenters. The van der Waals surface area contributed by atoms with Crippen LogP contribution in [0.1, 0.15) is 49.8 Å². The van der Waals surface area contributed by atoms with Gasteiger partial charge in [-0.15, -0.1) is 5.10 Å². The van der Waals surface area contributed by atoms with E-state index in [-0.39, 0.29) is 22.5 Å². The molecule has 5 N–H and O–H groups in total. The predicted octanol–water partition coefficient (Wildman–Crippen LogP) is 3.45. The molecule has 2 aliphatic rings. The van der Waals surface area contributed by atoms with Gasteiger partial charge < -0.3 is 16.1 Å². The third-order valence-electron chi connectivity index (χ3n) is 5.99. The first-order chi connectivity index (χ1) is 14.6. The summed E-state index contributed by atoms with van der Waals surface area (Å²) in [6, 6.07) is -1.83. The van der Waals surface area contributed by atoms with Gasteiger partial charge in [-0.2, -0.15) is 17.6 Å². The number of halogens is 6. The number of alkyl halides is 5. The molecule has 0 amide bonds. The minimum atomic E-state index is -4.68. The lowest BCUT2D eigenvalue weighted by Gasteiger charge is -2.29. The van der Waals surface area contributed by atoms with E-state index < -0.39 is 43.3 Å². The lowest BCUT2D eigenvalue weighted by Crippen LogP contribution is -2.42. The molecule has 1 aromatic rings. The van der Waals surface area contributed by atoms with E-state index in [2.05, 4.69) is 10.4 Å². The van der Waals surface area contributed by atoms with E-state index >= 15 is 0 Å². The molecule has 31 heavy (non-hydrogen) atoms. The van der Waals surface area contributed by atoms with Gasteiger partial charge in [0.05, 0.1) is 11.7 Å². The van der Waals surface area contributed by atoms with Crippen molar-refractivity contribution in [2.75, 3.05) is 13.6 Å². The van der Waals surface area contributed by atoms with Crippen molar-refractivity contribution >= 4 is 0 Å². The minimum Gasteiger partial charge on any atom is -0.403 e. The second-order valence-electron chi connectivity index (χ2n) is 8.35. The van der Waals surface area contributed by atoms with Gasteiger partial charge in [-0.05, 0) is 50.5 Å². The van der Waals surface area contributed by atoms with Gasteiger partial charge in [0.25, 0.3) is 0 Å². The van der Waals surface area contributed by atoms with Crippen LogP contribution < -0.4 is 16.9 Å². The number of nitrogens with one attached hydrogen (secondary N) is 1. The summed E-state index contributed by atoms with van der Waals surface area (Å²) in [5, 5.41) is 7.12. The Kier molecular flexibility index (Phi) is 7.09. The minimum absolute atomic E-state index is 0.200. The molecule has 1 heterocycles. The van der Waals surface area contributed by atoms with E-state index in [9.17, 15) is 26.3 Å². The van der Waals surface area contributed by atoms with Crippen molar-refractivity contribution in [3.05, 3.63) is 29.6 Å². The highest BCUT2D eigenvalue weighted by Crippen LogP contribution is 2.54. The van der Waals surface area contributed by atoms with Crippen molar-refractivity contribution in [1.29, 1.82) is 0 Å². The summed E-state index contributed by atoms with van der Waals surface area (Å²) in [6.45, 7) is -1.60. The number of hydrogen-bond donors (Lipinski definition) is 3. The molecule has 2 aliphatic carbocycles. The molecule has 2 fully saturated rings. The molecule has 0 aliphatic heterocycles. The van der Waals surface area contributed by atoms with Gasteiger partial charge in [0.15, 0.2) is 0 Å². The highest BCUT2D eigenvalue weighted by molar-refractivity contribution is 5.19. The highest BCUT2D eigenvalue weighted by atomic mass is 19.4. The highest BCUT2D eigenvalue weighted by Gasteiger charge is 2.46. The Hall–Kier alpha value is -1.95. The maximum atomic E-state index is 14.9. The van der Waals surface area contributed by atoms with Crippen molar-refractivity contribution in [1.82, 2.24) is 20.1 Å². The molecule has 0 aromatic carbocycles. The van der Waals surface area contributed by atoms with E-state index in [1.54, 1.807) is 7.05 Å². The van der Waals surface area contributed by atoms with Crippen LogP contribution in [0.2, 0.25) is 0 Å². The van der Waals surface area contributed by atoms with Crippen molar-refractivity contribution in [3.63, 3.8) is 0 Å². The summed E-state index contributed by atoms with van der Waals surface area (Å²) in [4.78, 5) is 0. The van der Waals surface area contributed by atoms with E-state index in [1.807, 2.05) is 0 Å². The topological polar surface area (TPSA) is 85.1 Å². The Labute approximate surface area is 176 Å². The number of nitrogens with zero attached hydrogens (tertiary/aromatic N) is 3. The van der Waals surface area contributed by atoms with Crippen molar-refractivity contribution in [2.24, 2.45) is 29.3 Å². The van der Waals surface area contributed by atoms with Crippen LogP contribution in [-0.4, -0.2) is 41.0 Å². The quantitative estimate of drug-likeness (QED) is 0.271. The van der Waals surface area contributed by atoms with Crippen LogP contribution in [0.5, 0.6) is 0 Å². The Morgan fingerprint density at radius 3 is 2.29 bits per heavy atom. The van der Waals surface area contributed by atoms with Gasteiger partial charge in [0, 0.05) is 30.4 Å². The van der Waals surface area contributed by atoms with Crippen molar-refractivity contribution in [2.45, 2.75) is 56.8 Å². The van der Waals surface area contributed by atoms with Gasteiger partial charge in [0.1, 0.15) is 6.54 Å². The average molecular weight is 454 g/mol. The Balaban J connectivity index is 1.91. The van der Waals surface area contributed by atoms with Crippen molar-refractivity contribution in [3.8, 4) is 0 Å². The normalized spacial score (nSPS) is 19.9. The molecule has 176 valence electrons. The van der Waals surface area contributed by atoms with Gasteiger partial charge in [0.2, 0.25) is 12.4 Å². The maximum absolute atomic E-state index is 14.9. The number of aromatic nitrogens is 2. The fourth-order valence-electron chi connectivity index (χ4n) is 4.41. The van der Waals surface area contributed by atoms with Crippen LogP contribution >= 0.6 is 0 Å². The van der Waals surface area contributed by atoms with Gasteiger partial charge in [-0.3, -0.25) is 4.68 Å². The lowest BCUT2D eigenvalue weighted by atomic mass is 9.86. The molecule has 1 aromatic heterocycles. The summed E-state index contributed by atoms with van der Waals surface area (Å²) in [5.74, 6) is 5.77. The van der Waals surface area contributed by atoms with Crippen LogP contribution in [0.15, 0.2) is 18.1 Å². The Morgan fingerprint density at radius 1 is 1.29 bits per heavy atom. The number of hydrogen-bond acceptors (Lipinski definition) is 5. The SMILES string of the molecule is CNC(c1cn(C(CC(F)F)/C(=C/N)N(N)CC(F)(F)F)nc1F)C(C1CC1)C1CC1. The zero-order valence-electron chi connectivity index (χ0n) is 17.1. The molecular weight excluding hydrogens is 426 g/mol. The molecule has 12 heteroatoms. The fraction of sp³-hybridized carbons (Fsp3) is 0.737. The van der Waals surface area contributed by atoms with E-state index in [0.717, 1.165) is 36.6 Å².